The summed E-state index contributed by atoms with van der Waals surface area (Å²) in [7, 11) is 0. The van der Waals surface area contributed by atoms with Gasteiger partial charge in [0.25, 0.3) is 5.91 Å². The molecule has 3 nitrogen and oxygen atoms in total. The molecule has 1 amide bonds. The van der Waals surface area contributed by atoms with Crippen LogP contribution in [0.2, 0.25) is 0 Å². The van der Waals surface area contributed by atoms with Crippen molar-refractivity contribution in [2.75, 3.05) is 12.3 Å². The number of anilines is 1. The van der Waals surface area contributed by atoms with Crippen LogP contribution >= 0.6 is 0 Å². The lowest BCUT2D eigenvalue weighted by molar-refractivity contribution is 0.0390. The Labute approximate surface area is 121 Å². The molecule has 2 N–H and O–H groups in total. The number of fused-ring (bicyclic) bond motifs is 1. The van der Waals surface area contributed by atoms with Gasteiger partial charge in [-0.15, -0.1) is 0 Å². The van der Waals surface area contributed by atoms with Crippen LogP contribution in [0.25, 0.3) is 0 Å². The van der Waals surface area contributed by atoms with Gasteiger partial charge in [-0.3, -0.25) is 4.79 Å². The first-order chi connectivity index (χ1) is 9.66. The van der Waals surface area contributed by atoms with Gasteiger partial charge in [-0.1, -0.05) is 12.8 Å². The standard InChI is InChI=1S/C17H24N2O/c1-12-11-14(18)8-9-15(12)17(20)19-10-4-6-13-5-2-3-7-16(13)19/h8-9,11,13,16H,2-7,10,18H2,1H3/t13-,16-/m1/s1. The SMILES string of the molecule is Cc1cc(N)ccc1C(=O)N1CCC[C@H]2CCCC[C@H]21. The molecule has 1 aromatic rings. The molecule has 1 saturated heterocycles. The summed E-state index contributed by atoms with van der Waals surface area (Å²) in [6, 6.07) is 6.10. The van der Waals surface area contributed by atoms with E-state index in [0.717, 1.165) is 35.7 Å². The summed E-state index contributed by atoms with van der Waals surface area (Å²) in [5.74, 6) is 0.939. The van der Waals surface area contributed by atoms with Gasteiger partial charge in [0, 0.05) is 23.8 Å². The maximum absolute atomic E-state index is 12.9. The van der Waals surface area contributed by atoms with E-state index in [4.69, 9.17) is 5.73 Å². The van der Waals surface area contributed by atoms with Crippen LogP contribution in [-0.2, 0) is 0 Å². The second-order valence-corrected chi connectivity index (χ2v) is 6.33. The Kier molecular flexibility index (Phi) is 3.68. The first kappa shape index (κ1) is 13.5. The van der Waals surface area contributed by atoms with Crippen molar-refractivity contribution < 1.29 is 4.79 Å². The molecule has 3 rings (SSSR count). The summed E-state index contributed by atoms with van der Waals surface area (Å²) in [4.78, 5) is 15.0. The van der Waals surface area contributed by atoms with Crippen molar-refractivity contribution in [1.29, 1.82) is 0 Å². The number of benzene rings is 1. The van der Waals surface area contributed by atoms with Crippen molar-refractivity contribution in [3.05, 3.63) is 29.3 Å². The molecule has 0 unspecified atom stereocenters. The summed E-state index contributed by atoms with van der Waals surface area (Å²) in [5.41, 5.74) is 8.34. The Hall–Kier alpha value is -1.51. The minimum Gasteiger partial charge on any atom is -0.399 e. The summed E-state index contributed by atoms with van der Waals surface area (Å²) < 4.78 is 0. The number of hydrogen-bond acceptors (Lipinski definition) is 2. The van der Waals surface area contributed by atoms with Crippen molar-refractivity contribution >= 4 is 11.6 Å². The molecule has 1 heterocycles. The second kappa shape index (κ2) is 5.47. The molecule has 1 aliphatic heterocycles. The first-order valence-corrected chi connectivity index (χ1v) is 7.84. The molecule has 20 heavy (non-hydrogen) atoms. The van der Waals surface area contributed by atoms with Crippen molar-refractivity contribution in [2.24, 2.45) is 5.92 Å². The molecule has 0 spiro atoms. The van der Waals surface area contributed by atoms with E-state index >= 15 is 0 Å². The highest BCUT2D eigenvalue weighted by Gasteiger charge is 2.36. The van der Waals surface area contributed by atoms with Gasteiger partial charge in [0.1, 0.15) is 0 Å². The fraction of sp³-hybridized carbons (Fsp3) is 0.588. The predicted molar refractivity (Wildman–Crippen MR) is 81.6 cm³/mol. The third-order valence-corrected chi connectivity index (χ3v) is 4.98. The molecule has 1 saturated carbocycles. The molecule has 3 heteroatoms. The van der Waals surface area contributed by atoms with Crippen molar-refractivity contribution in [1.82, 2.24) is 4.90 Å². The van der Waals surface area contributed by atoms with E-state index < -0.39 is 0 Å². The van der Waals surface area contributed by atoms with Crippen LogP contribution in [-0.4, -0.2) is 23.4 Å². The third kappa shape index (κ3) is 2.41. The molecule has 2 aliphatic rings. The highest BCUT2D eigenvalue weighted by molar-refractivity contribution is 5.96. The number of amides is 1. The number of piperidine rings is 1. The van der Waals surface area contributed by atoms with Gasteiger partial charge < -0.3 is 10.6 Å². The number of nitrogens with zero attached hydrogens (tertiary/aromatic N) is 1. The molecular formula is C17H24N2O. The van der Waals surface area contributed by atoms with E-state index in [1.54, 1.807) is 0 Å². The van der Waals surface area contributed by atoms with E-state index in [1.165, 1.54) is 32.1 Å². The molecule has 0 aromatic heterocycles. The minimum atomic E-state index is 0.208. The van der Waals surface area contributed by atoms with E-state index in [-0.39, 0.29) is 5.91 Å². The Balaban J connectivity index is 1.85. The number of carbonyl (C=O) groups excluding carboxylic acids is 1. The van der Waals surface area contributed by atoms with Gasteiger partial charge in [-0.05, 0) is 62.3 Å². The van der Waals surface area contributed by atoms with E-state index in [9.17, 15) is 4.79 Å². The summed E-state index contributed by atoms with van der Waals surface area (Å²) in [6.07, 6.45) is 7.55. The number of rotatable bonds is 1. The maximum Gasteiger partial charge on any atom is 0.254 e. The highest BCUT2D eigenvalue weighted by Crippen LogP contribution is 2.36. The van der Waals surface area contributed by atoms with Crippen LogP contribution < -0.4 is 5.73 Å². The number of carbonyl (C=O) groups is 1. The summed E-state index contributed by atoms with van der Waals surface area (Å²) >= 11 is 0. The Morgan fingerprint density at radius 1 is 1.20 bits per heavy atom. The molecule has 2 fully saturated rings. The molecular weight excluding hydrogens is 248 g/mol. The van der Waals surface area contributed by atoms with Gasteiger partial charge in [0.05, 0.1) is 0 Å². The minimum absolute atomic E-state index is 0.208. The average molecular weight is 272 g/mol. The van der Waals surface area contributed by atoms with E-state index in [2.05, 4.69) is 4.90 Å². The van der Waals surface area contributed by atoms with Crippen LogP contribution in [0.1, 0.15) is 54.4 Å². The van der Waals surface area contributed by atoms with Gasteiger partial charge >= 0.3 is 0 Å². The van der Waals surface area contributed by atoms with E-state index in [0.29, 0.717) is 6.04 Å². The Morgan fingerprint density at radius 2 is 1.95 bits per heavy atom. The molecule has 1 aromatic carbocycles. The smallest absolute Gasteiger partial charge is 0.254 e. The lowest BCUT2D eigenvalue weighted by Crippen LogP contribution is -2.49. The second-order valence-electron chi connectivity index (χ2n) is 6.33. The summed E-state index contributed by atoms with van der Waals surface area (Å²) in [5, 5.41) is 0. The molecule has 1 aliphatic carbocycles. The summed E-state index contributed by atoms with van der Waals surface area (Å²) in [6.45, 7) is 2.90. The fourth-order valence-corrected chi connectivity index (χ4v) is 3.96. The number of likely N-dealkylation sites (tertiary alicyclic amines) is 1. The zero-order valence-electron chi connectivity index (χ0n) is 12.3. The Morgan fingerprint density at radius 3 is 2.75 bits per heavy atom. The number of nitrogen functional groups attached to an aromatic ring is 1. The molecule has 108 valence electrons. The lowest BCUT2D eigenvalue weighted by Gasteiger charge is -2.44. The van der Waals surface area contributed by atoms with Crippen LogP contribution in [0.15, 0.2) is 18.2 Å². The maximum atomic E-state index is 12.9. The zero-order chi connectivity index (χ0) is 14.1. The monoisotopic (exact) mass is 272 g/mol. The zero-order valence-corrected chi connectivity index (χ0v) is 12.3. The fourth-order valence-electron chi connectivity index (χ4n) is 3.96. The third-order valence-electron chi connectivity index (χ3n) is 4.98. The number of nitrogens with two attached hydrogens (primary N) is 1. The van der Waals surface area contributed by atoms with Gasteiger partial charge in [-0.2, -0.15) is 0 Å². The normalized spacial score (nSPS) is 26.1. The number of aryl methyl sites for hydroxylation is 1. The van der Waals surface area contributed by atoms with Crippen molar-refractivity contribution in [2.45, 2.75) is 51.5 Å². The lowest BCUT2D eigenvalue weighted by atomic mass is 9.78. The first-order valence-electron chi connectivity index (χ1n) is 7.84. The van der Waals surface area contributed by atoms with Crippen LogP contribution in [0.3, 0.4) is 0 Å². The number of hydrogen-bond donors (Lipinski definition) is 1. The van der Waals surface area contributed by atoms with Gasteiger partial charge in [0.2, 0.25) is 0 Å². The largest absolute Gasteiger partial charge is 0.399 e. The topological polar surface area (TPSA) is 46.3 Å². The van der Waals surface area contributed by atoms with Crippen LogP contribution in [0.5, 0.6) is 0 Å². The highest BCUT2D eigenvalue weighted by atomic mass is 16.2. The molecule has 2 atom stereocenters. The van der Waals surface area contributed by atoms with Gasteiger partial charge in [-0.25, -0.2) is 0 Å². The average Bonchev–Trinajstić information content (AvgIpc) is 2.46. The molecule has 0 bridgehead atoms. The van der Waals surface area contributed by atoms with Crippen molar-refractivity contribution in [3.8, 4) is 0 Å². The molecule has 0 radical (unpaired) electrons. The van der Waals surface area contributed by atoms with Crippen LogP contribution in [0.4, 0.5) is 5.69 Å². The predicted octanol–water partition coefficient (Wildman–Crippen LogP) is 3.37. The van der Waals surface area contributed by atoms with Gasteiger partial charge in [0.15, 0.2) is 0 Å². The van der Waals surface area contributed by atoms with Crippen LogP contribution in [0, 0.1) is 12.8 Å². The quantitative estimate of drug-likeness (QED) is 0.797. The Bertz CT molecular complexity index is 510. The van der Waals surface area contributed by atoms with Crippen molar-refractivity contribution in [3.63, 3.8) is 0 Å². The van der Waals surface area contributed by atoms with E-state index in [1.807, 2.05) is 25.1 Å².